The quantitative estimate of drug-likeness (QED) is 0.322. The summed E-state index contributed by atoms with van der Waals surface area (Å²) in [4.78, 5) is 16.0. The molecule has 126 valence electrons. The lowest BCUT2D eigenvalue weighted by atomic mass is 10.1. The minimum atomic E-state index is -0.399. The minimum absolute atomic E-state index is 0.0778. The number of allylic oxidation sites excluding steroid dienone is 1. The van der Waals surface area contributed by atoms with Crippen LogP contribution in [0.3, 0.4) is 0 Å². The van der Waals surface area contributed by atoms with Crippen LogP contribution in [-0.2, 0) is 6.54 Å². The van der Waals surface area contributed by atoms with Crippen LogP contribution in [0.25, 0.3) is 11.3 Å². The zero-order chi connectivity index (χ0) is 17.8. The Kier molecular flexibility index (Phi) is 5.25. The molecule has 3 aromatic rings. The van der Waals surface area contributed by atoms with Crippen molar-refractivity contribution in [2.75, 3.05) is 0 Å². The molecule has 0 spiro atoms. The molecule has 0 unspecified atom stereocenters. The maximum atomic E-state index is 10.8. The lowest BCUT2D eigenvalue weighted by Gasteiger charge is -2.06. The first-order valence-corrected chi connectivity index (χ1v) is 9.10. The van der Waals surface area contributed by atoms with Gasteiger partial charge in [-0.1, -0.05) is 22.0 Å². The average molecular weight is 416 g/mol. The zero-order valence-corrected chi connectivity index (χ0v) is 15.5. The molecule has 0 saturated carbocycles. The fourth-order valence-electron chi connectivity index (χ4n) is 2.33. The maximum Gasteiger partial charge on any atom is 0.269 e. The molecule has 0 aliphatic rings. The van der Waals surface area contributed by atoms with Gasteiger partial charge in [-0.05, 0) is 42.0 Å². The maximum absolute atomic E-state index is 10.8. The van der Waals surface area contributed by atoms with Crippen LogP contribution >= 0.6 is 27.3 Å². The van der Waals surface area contributed by atoms with Gasteiger partial charge in [0.25, 0.3) is 5.69 Å². The predicted molar refractivity (Wildman–Crippen MR) is 104 cm³/mol. The van der Waals surface area contributed by atoms with Gasteiger partial charge in [-0.2, -0.15) is 0 Å². The van der Waals surface area contributed by atoms with Crippen molar-refractivity contribution >= 4 is 38.6 Å². The number of thiazole rings is 1. The molecule has 0 bridgehead atoms. The van der Waals surface area contributed by atoms with Crippen LogP contribution < -0.4 is 4.80 Å². The van der Waals surface area contributed by atoms with Crippen LogP contribution in [0.5, 0.6) is 0 Å². The molecule has 0 fully saturated rings. The first-order chi connectivity index (χ1) is 12.1. The number of halogens is 1. The highest BCUT2D eigenvalue weighted by molar-refractivity contribution is 9.10. The van der Waals surface area contributed by atoms with E-state index in [-0.39, 0.29) is 5.69 Å². The molecular formula is C18H14BrN3O2S. The van der Waals surface area contributed by atoms with Gasteiger partial charge in [0.1, 0.15) is 0 Å². The Labute approximate surface area is 156 Å². The Morgan fingerprint density at radius 1 is 1.20 bits per heavy atom. The number of benzene rings is 2. The molecule has 0 saturated heterocycles. The summed E-state index contributed by atoms with van der Waals surface area (Å²) in [5, 5.41) is 12.8. The van der Waals surface area contributed by atoms with Gasteiger partial charge in [0, 0.05) is 28.5 Å². The number of hydrogen-bond donors (Lipinski definition) is 0. The average Bonchev–Trinajstić information content (AvgIpc) is 3.00. The lowest BCUT2D eigenvalue weighted by Crippen LogP contribution is -2.14. The lowest BCUT2D eigenvalue weighted by molar-refractivity contribution is -0.384. The first kappa shape index (κ1) is 17.3. The van der Waals surface area contributed by atoms with Gasteiger partial charge in [0.15, 0.2) is 4.80 Å². The molecule has 0 amide bonds. The Morgan fingerprint density at radius 3 is 2.48 bits per heavy atom. The molecular weight excluding hydrogens is 402 g/mol. The third-order valence-electron chi connectivity index (χ3n) is 3.53. The summed E-state index contributed by atoms with van der Waals surface area (Å²) in [5.41, 5.74) is 2.80. The van der Waals surface area contributed by atoms with Crippen molar-refractivity contribution in [2.45, 2.75) is 6.54 Å². The van der Waals surface area contributed by atoms with Gasteiger partial charge in [-0.25, -0.2) is 4.99 Å². The molecule has 0 aliphatic heterocycles. The molecule has 0 aliphatic carbocycles. The monoisotopic (exact) mass is 415 g/mol. The fraction of sp³-hybridized carbons (Fsp3) is 0.0556. The van der Waals surface area contributed by atoms with Crippen LogP contribution in [0.1, 0.15) is 0 Å². The number of nitro benzene ring substituents is 1. The zero-order valence-electron chi connectivity index (χ0n) is 13.1. The van der Waals surface area contributed by atoms with Crippen LogP contribution in [0.4, 0.5) is 11.4 Å². The fourth-order valence-corrected chi connectivity index (χ4v) is 3.54. The van der Waals surface area contributed by atoms with Gasteiger partial charge in [-0.3, -0.25) is 10.1 Å². The van der Waals surface area contributed by atoms with Crippen LogP contribution in [0.2, 0.25) is 0 Å². The van der Waals surface area contributed by atoms with E-state index in [0.717, 1.165) is 26.2 Å². The van der Waals surface area contributed by atoms with Crippen molar-refractivity contribution in [3.05, 3.63) is 86.0 Å². The number of hydrogen-bond acceptors (Lipinski definition) is 4. The molecule has 2 aromatic carbocycles. The van der Waals surface area contributed by atoms with E-state index in [1.807, 2.05) is 40.3 Å². The van der Waals surface area contributed by atoms with Gasteiger partial charge in [-0.15, -0.1) is 17.9 Å². The summed E-state index contributed by atoms with van der Waals surface area (Å²) in [7, 11) is 0. The van der Waals surface area contributed by atoms with Crippen molar-refractivity contribution < 1.29 is 4.92 Å². The van der Waals surface area contributed by atoms with Crippen LogP contribution in [0, 0.1) is 10.1 Å². The van der Waals surface area contributed by atoms with Crippen molar-refractivity contribution in [3.63, 3.8) is 0 Å². The molecule has 7 heteroatoms. The van der Waals surface area contributed by atoms with Crippen molar-refractivity contribution in [3.8, 4) is 11.3 Å². The van der Waals surface area contributed by atoms with Crippen LogP contribution in [0.15, 0.2) is 76.0 Å². The van der Waals surface area contributed by atoms with E-state index in [1.165, 1.54) is 23.5 Å². The van der Waals surface area contributed by atoms with Gasteiger partial charge >= 0.3 is 0 Å². The highest BCUT2D eigenvalue weighted by atomic mass is 79.9. The highest BCUT2D eigenvalue weighted by Gasteiger charge is 2.10. The molecule has 25 heavy (non-hydrogen) atoms. The van der Waals surface area contributed by atoms with E-state index in [4.69, 9.17) is 4.99 Å². The van der Waals surface area contributed by atoms with E-state index in [0.29, 0.717) is 6.54 Å². The number of aromatic nitrogens is 1. The third kappa shape index (κ3) is 3.94. The van der Waals surface area contributed by atoms with Crippen molar-refractivity contribution in [1.29, 1.82) is 0 Å². The first-order valence-electron chi connectivity index (χ1n) is 7.43. The summed E-state index contributed by atoms with van der Waals surface area (Å²) >= 11 is 4.94. The number of non-ortho nitro benzene ring substituents is 1. The Bertz CT molecular complexity index is 973. The van der Waals surface area contributed by atoms with Crippen LogP contribution in [-0.4, -0.2) is 9.49 Å². The Hall–Kier alpha value is -2.51. The molecule has 0 N–H and O–H groups in total. The summed E-state index contributed by atoms with van der Waals surface area (Å²) in [6.07, 6.45) is 1.81. The van der Waals surface area contributed by atoms with E-state index in [1.54, 1.807) is 12.1 Å². The Morgan fingerprint density at radius 2 is 1.88 bits per heavy atom. The van der Waals surface area contributed by atoms with Gasteiger partial charge in [0.2, 0.25) is 0 Å². The summed E-state index contributed by atoms with van der Waals surface area (Å²) in [5.74, 6) is 0. The minimum Gasteiger partial charge on any atom is -0.313 e. The molecule has 1 heterocycles. The Balaban J connectivity index is 2.06. The third-order valence-corrected chi connectivity index (χ3v) is 4.93. The SMILES string of the molecule is C=CCn1c(-c2ccc([N+](=O)[O-])cc2)csc1=Nc1ccc(Br)cc1. The number of rotatable bonds is 5. The van der Waals surface area contributed by atoms with E-state index in [2.05, 4.69) is 22.5 Å². The summed E-state index contributed by atoms with van der Waals surface area (Å²) in [6, 6.07) is 14.3. The van der Waals surface area contributed by atoms with Crippen molar-refractivity contribution in [1.82, 2.24) is 4.57 Å². The van der Waals surface area contributed by atoms with E-state index < -0.39 is 4.92 Å². The van der Waals surface area contributed by atoms with Crippen molar-refractivity contribution in [2.24, 2.45) is 4.99 Å². The molecule has 0 atom stereocenters. The molecule has 0 radical (unpaired) electrons. The molecule has 5 nitrogen and oxygen atoms in total. The van der Waals surface area contributed by atoms with Gasteiger partial charge < -0.3 is 4.57 Å². The largest absolute Gasteiger partial charge is 0.313 e. The van der Waals surface area contributed by atoms with E-state index in [9.17, 15) is 10.1 Å². The predicted octanol–water partition coefficient (Wildman–Crippen LogP) is 5.31. The normalized spacial score (nSPS) is 11.5. The second-order valence-corrected chi connectivity index (χ2v) is 6.95. The highest BCUT2D eigenvalue weighted by Crippen LogP contribution is 2.24. The molecule has 3 rings (SSSR count). The second kappa shape index (κ2) is 7.58. The number of nitrogens with zero attached hydrogens (tertiary/aromatic N) is 3. The van der Waals surface area contributed by atoms with Gasteiger partial charge in [0.05, 0.1) is 16.3 Å². The topological polar surface area (TPSA) is 60.4 Å². The van der Waals surface area contributed by atoms with E-state index >= 15 is 0 Å². The summed E-state index contributed by atoms with van der Waals surface area (Å²) < 4.78 is 3.05. The number of nitro groups is 1. The molecule has 1 aromatic heterocycles. The second-order valence-electron chi connectivity index (χ2n) is 5.20. The standard InChI is InChI=1S/C18H14BrN3O2S/c1-2-11-21-17(13-3-9-16(10-4-13)22(23)24)12-25-18(21)20-15-7-5-14(19)6-8-15/h2-10,12H,1,11H2. The smallest absolute Gasteiger partial charge is 0.269 e. The summed E-state index contributed by atoms with van der Waals surface area (Å²) in [6.45, 7) is 4.42.